The molecular formula is C33H23Br4N. The van der Waals surface area contributed by atoms with Gasteiger partial charge >= 0.3 is 0 Å². The van der Waals surface area contributed by atoms with Crippen molar-refractivity contribution in [2.24, 2.45) is 7.05 Å². The van der Waals surface area contributed by atoms with Crippen molar-refractivity contribution in [3.8, 4) is 0 Å². The molecule has 0 aliphatic heterocycles. The van der Waals surface area contributed by atoms with E-state index in [-0.39, 0.29) is 0 Å². The van der Waals surface area contributed by atoms with E-state index in [2.05, 4.69) is 197 Å². The fourth-order valence-corrected chi connectivity index (χ4v) is 5.43. The molecule has 1 aromatic heterocycles. The van der Waals surface area contributed by atoms with Crippen LogP contribution in [0.4, 0.5) is 0 Å². The minimum atomic E-state index is 1.06. The molecule has 4 aromatic carbocycles. The van der Waals surface area contributed by atoms with Crippen molar-refractivity contribution in [2.75, 3.05) is 0 Å². The zero-order valence-corrected chi connectivity index (χ0v) is 26.9. The highest BCUT2D eigenvalue weighted by atomic mass is 79.9. The highest BCUT2D eigenvalue weighted by molar-refractivity contribution is 9.11. The lowest BCUT2D eigenvalue weighted by molar-refractivity contribution is 0.893. The minimum Gasteiger partial charge on any atom is -0.344 e. The van der Waals surface area contributed by atoms with Crippen LogP contribution in [-0.4, -0.2) is 4.57 Å². The smallest absolute Gasteiger partial charge is 0.0488 e. The van der Waals surface area contributed by atoms with E-state index in [4.69, 9.17) is 0 Å². The van der Waals surface area contributed by atoms with Gasteiger partial charge in [0.15, 0.2) is 0 Å². The maximum atomic E-state index is 3.59. The fraction of sp³-hybridized carbons (Fsp3) is 0.0303. The second-order valence-corrected chi connectivity index (χ2v) is 12.6. The number of aromatic nitrogens is 1. The standard InChI is InChI=1S/C33H23Br4N/c1-38-32(30(24-6-14-28(36)15-7-24)20-22-2-10-26(34)11-3-22)18-19-33(38)31(25-8-16-29(37)17-9-25)21-23-4-12-27(35)13-5-23/h2-21H,1H3/b30-20-,31-21-. The van der Waals surface area contributed by atoms with Crippen molar-refractivity contribution in [1.29, 1.82) is 0 Å². The molecule has 0 saturated heterocycles. The van der Waals surface area contributed by atoms with Gasteiger partial charge in [-0.1, -0.05) is 112 Å². The highest BCUT2D eigenvalue weighted by Crippen LogP contribution is 2.34. The molecule has 38 heavy (non-hydrogen) atoms. The van der Waals surface area contributed by atoms with Crippen LogP contribution in [0.1, 0.15) is 33.6 Å². The molecule has 0 atom stereocenters. The van der Waals surface area contributed by atoms with E-state index in [0.29, 0.717) is 0 Å². The zero-order valence-electron chi connectivity index (χ0n) is 20.5. The second kappa shape index (κ2) is 12.2. The molecule has 0 aliphatic carbocycles. The third-order valence-corrected chi connectivity index (χ3v) is 8.46. The molecule has 0 fully saturated rings. The maximum Gasteiger partial charge on any atom is 0.0488 e. The summed E-state index contributed by atoms with van der Waals surface area (Å²) in [6.45, 7) is 0. The van der Waals surface area contributed by atoms with Crippen LogP contribution in [0.2, 0.25) is 0 Å². The average Bonchev–Trinajstić information content (AvgIpc) is 3.30. The summed E-state index contributed by atoms with van der Waals surface area (Å²) >= 11 is 14.3. The second-order valence-electron chi connectivity index (χ2n) is 8.90. The molecule has 5 aromatic rings. The maximum absolute atomic E-state index is 3.59. The number of nitrogens with zero attached hydrogens (tertiary/aromatic N) is 1. The fourth-order valence-electron chi connectivity index (χ4n) is 4.37. The van der Waals surface area contributed by atoms with E-state index in [1.807, 2.05) is 0 Å². The zero-order chi connectivity index (χ0) is 26.6. The molecule has 0 radical (unpaired) electrons. The predicted octanol–water partition coefficient (Wildman–Crippen LogP) is 11.3. The summed E-state index contributed by atoms with van der Waals surface area (Å²) in [7, 11) is 2.15. The molecular weight excluding hydrogens is 730 g/mol. The number of halogens is 4. The Morgan fingerprint density at radius 1 is 0.447 bits per heavy atom. The van der Waals surface area contributed by atoms with Crippen molar-refractivity contribution >= 4 is 87.0 Å². The van der Waals surface area contributed by atoms with Gasteiger partial charge in [-0.25, -0.2) is 0 Å². The van der Waals surface area contributed by atoms with Crippen molar-refractivity contribution in [2.45, 2.75) is 0 Å². The van der Waals surface area contributed by atoms with Gasteiger partial charge in [0.05, 0.1) is 0 Å². The van der Waals surface area contributed by atoms with Gasteiger partial charge in [-0.05, 0) is 95.1 Å². The quantitative estimate of drug-likeness (QED) is 0.152. The predicted molar refractivity (Wildman–Crippen MR) is 176 cm³/mol. The monoisotopic (exact) mass is 749 g/mol. The Morgan fingerprint density at radius 3 is 1.05 bits per heavy atom. The first-order valence-corrected chi connectivity index (χ1v) is 15.2. The van der Waals surface area contributed by atoms with E-state index in [1.165, 1.54) is 0 Å². The Kier molecular flexibility index (Phi) is 8.69. The van der Waals surface area contributed by atoms with E-state index in [9.17, 15) is 0 Å². The summed E-state index contributed by atoms with van der Waals surface area (Å²) in [6.07, 6.45) is 4.51. The average molecular weight is 753 g/mol. The van der Waals surface area contributed by atoms with Crippen LogP contribution in [0.25, 0.3) is 23.3 Å². The first-order chi connectivity index (χ1) is 18.4. The van der Waals surface area contributed by atoms with Crippen molar-refractivity contribution in [3.63, 3.8) is 0 Å². The molecule has 0 saturated carbocycles. The van der Waals surface area contributed by atoms with Gasteiger partial charge in [-0.2, -0.15) is 0 Å². The third kappa shape index (κ3) is 6.40. The van der Waals surface area contributed by atoms with Gasteiger partial charge in [0.2, 0.25) is 0 Å². The SMILES string of the molecule is Cn1c(/C(=C\c2ccc(Br)cc2)c2ccc(Br)cc2)ccc1/C(=C\c1ccc(Br)cc1)c1ccc(Br)cc1. The lowest BCUT2D eigenvalue weighted by Crippen LogP contribution is -2.02. The van der Waals surface area contributed by atoms with Crippen LogP contribution < -0.4 is 0 Å². The minimum absolute atomic E-state index is 1.06. The van der Waals surface area contributed by atoms with Crippen LogP contribution in [-0.2, 0) is 7.05 Å². The number of hydrogen-bond donors (Lipinski definition) is 0. The van der Waals surface area contributed by atoms with Gasteiger partial charge in [0.25, 0.3) is 0 Å². The van der Waals surface area contributed by atoms with Crippen LogP contribution in [0.15, 0.2) is 127 Å². The summed E-state index contributed by atoms with van der Waals surface area (Å²) in [6, 6.07) is 38.3. The summed E-state index contributed by atoms with van der Waals surface area (Å²) in [5.41, 5.74) is 9.21. The van der Waals surface area contributed by atoms with Crippen LogP contribution in [0.5, 0.6) is 0 Å². The lowest BCUT2D eigenvalue weighted by Gasteiger charge is -2.15. The molecule has 0 unspecified atom stereocenters. The highest BCUT2D eigenvalue weighted by Gasteiger charge is 2.16. The largest absolute Gasteiger partial charge is 0.344 e. The van der Waals surface area contributed by atoms with Gasteiger partial charge in [-0.15, -0.1) is 0 Å². The first kappa shape index (κ1) is 27.1. The van der Waals surface area contributed by atoms with Crippen molar-refractivity contribution < 1.29 is 0 Å². The Labute approximate surface area is 257 Å². The Hall–Kier alpha value is -2.44. The Balaban J connectivity index is 1.67. The van der Waals surface area contributed by atoms with Gasteiger partial charge in [-0.3, -0.25) is 0 Å². The van der Waals surface area contributed by atoms with Crippen LogP contribution in [0.3, 0.4) is 0 Å². The number of hydrogen-bond acceptors (Lipinski definition) is 0. The van der Waals surface area contributed by atoms with Crippen molar-refractivity contribution in [3.05, 3.63) is 161 Å². The molecule has 0 spiro atoms. The van der Waals surface area contributed by atoms with Crippen LogP contribution >= 0.6 is 63.7 Å². The van der Waals surface area contributed by atoms with Crippen LogP contribution in [0, 0.1) is 0 Å². The molecule has 1 nitrogen and oxygen atoms in total. The molecule has 0 aliphatic rings. The topological polar surface area (TPSA) is 4.93 Å². The molecule has 0 bridgehead atoms. The van der Waals surface area contributed by atoms with E-state index in [1.54, 1.807) is 0 Å². The summed E-state index contributed by atoms with van der Waals surface area (Å²) in [5, 5.41) is 0. The third-order valence-electron chi connectivity index (χ3n) is 6.35. The molecule has 0 N–H and O–H groups in total. The van der Waals surface area contributed by atoms with Gasteiger partial charge < -0.3 is 4.57 Å². The Morgan fingerprint density at radius 2 is 0.737 bits per heavy atom. The molecule has 0 amide bonds. The van der Waals surface area contributed by atoms with E-state index in [0.717, 1.165) is 62.7 Å². The molecule has 5 rings (SSSR count). The van der Waals surface area contributed by atoms with Gasteiger partial charge in [0.1, 0.15) is 0 Å². The van der Waals surface area contributed by atoms with Crippen molar-refractivity contribution in [1.82, 2.24) is 4.57 Å². The van der Waals surface area contributed by atoms with Gasteiger partial charge in [0, 0.05) is 47.5 Å². The molecule has 5 heteroatoms. The number of benzene rings is 4. The lowest BCUT2D eigenvalue weighted by atomic mass is 9.99. The van der Waals surface area contributed by atoms with E-state index < -0.39 is 0 Å². The summed E-state index contributed by atoms with van der Waals surface area (Å²) < 4.78 is 6.55. The molecule has 1 heterocycles. The van der Waals surface area contributed by atoms with E-state index >= 15 is 0 Å². The summed E-state index contributed by atoms with van der Waals surface area (Å²) in [5.74, 6) is 0. The summed E-state index contributed by atoms with van der Waals surface area (Å²) in [4.78, 5) is 0. The number of rotatable bonds is 6. The Bertz CT molecular complexity index is 1480. The molecule has 188 valence electrons. The normalized spacial score (nSPS) is 12.1. The first-order valence-electron chi connectivity index (χ1n) is 12.0.